The fourth-order valence-corrected chi connectivity index (χ4v) is 1.96. The summed E-state index contributed by atoms with van der Waals surface area (Å²) in [4.78, 5) is 3.84. The molecule has 0 spiro atoms. The molecule has 1 aromatic carbocycles. The predicted molar refractivity (Wildman–Crippen MR) is 64.0 cm³/mol. The van der Waals surface area contributed by atoms with Gasteiger partial charge in [0.15, 0.2) is 0 Å². The van der Waals surface area contributed by atoms with Gasteiger partial charge in [0.25, 0.3) is 0 Å². The molecule has 7 heteroatoms. The van der Waals surface area contributed by atoms with E-state index in [2.05, 4.69) is 14.8 Å². The first-order valence-corrected chi connectivity index (χ1v) is 6.81. The Hall–Kier alpha value is -1.89. The Morgan fingerprint density at radius 3 is 2.53 bits per heavy atom. The monoisotopic (exact) mass is 252 g/mol. The van der Waals surface area contributed by atoms with E-state index in [0.29, 0.717) is 12.2 Å². The summed E-state index contributed by atoms with van der Waals surface area (Å²) >= 11 is 0. The zero-order valence-electron chi connectivity index (χ0n) is 9.24. The van der Waals surface area contributed by atoms with Crippen LogP contribution in [0.2, 0.25) is 0 Å². The molecule has 0 saturated carbocycles. The zero-order chi connectivity index (χ0) is 12.3. The van der Waals surface area contributed by atoms with Gasteiger partial charge in [0.1, 0.15) is 12.7 Å². The first kappa shape index (κ1) is 11.6. The van der Waals surface area contributed by atoms with E-state index < -0.39 is 10.0 Å². The maximum Gasteiger partial charge on any atom is 0.229 e. The van der Waals surface area contributed by atoms with Crippen molar-refractivity contribution in [3.8, 4) is 0 Å². The van der Waals surface area contributed by atoms with Gasteiger partial charge in [-0.15, -0.1) is 0 Å². The molecular weight excluding hydrogens is 240 g/mol. The lowest BCUT2D eigenvalue weighted by molar-refractivity contribution is 0.607. The van der Waals surface area contributed by atoms with Crippen molar-refractivity contribution >= 4 is 15.7 Å². The smallest absolute Gasteiger partial charge is 0.229 e. The van der Waals surface area contributed by atoms with E-state index >= 15 is 0 Å². The normalized spacial score (nSPS) is 11.4. The van der Waals surface area contributed by atoms with E-state index in [0.717, 1.165) is 11.8 Å². The number of hydrogen-bond acceptors (Lipinski definition) is 4. The number of aromatic nitrogens is 3. The van der Waals surface area contributed by atoms with Crippen LogP contribution in [0.3, 0.4) is 0 Å². The summed E-state index contributed by atoms with van der Waals surface area (Å²) in [6.07, 6.45) is 4.22. The van der Waals surface area contributed by atoms with Crippen LogP contribution in [0, 0.1) is 0 Å². The van der Waals surface area contributed by atoms with Crippen LogP contribution in [0.5, 0.6) is 0 Å². The molecule has 0 aliphatic heterocycles. The number of nitrogens with one attached hydrogen (secondary N) is 1. The lowest BCUT2D eigenvalue weighted by Crippen LogP contribution is -2.09. The van der Waals surface area contributed by atoms with E-state index in [-0.39, 0.29) is 0 Å². The largest absolute Gasteiger partial charge is 0.284 e. The third-order valence-corrected chi connectivity index (χ3v) is 2.67. The molecule has 1 N–H and O–H groups in total. The van der Waals surface area contributed by atoms with Gasteiger partial charge >= 0.3 is 0 Å². The van der Waals surface area contributed by atoms with Crippen LogP contribution in [0.1, 0.15) is 5.56 Å². The van der Waals surface area contributed by atoms with Gasteiger partial charge in [0.05, 0.1) is 12.8 Å². The van der Waals surface area contributed by atoms with Gasteiger partial charge in [-0.25, -0.2) is 18.1 Å². The molecule has 0 fully saturated rings. The van der Waals surface area contributed by atoms with Crippen molar-refractivity contribution in [3.63, 3.8) is 0 Å². The summed E-state index contributed by atoms with van der Waals surface area (Å²) in [6, 6.07) is 7.12. The molecule has 0 unspecified atom stereocenters. The number of sulfonamides is 1. The van der Waals surface area contributed by atoms with Crippen molar-refractivity contribution in [3.05, 3.63) is 42.5 Å². The summed E-state index contributed by atoms with van der Waals surface area (Å²) < 4.78 is 26.1. The zero-order valence-corrected chi connectivity index (χ0v) is 10.1. The molecule has 0 aliphatic carbocycles. The van der Waals surface area contributed by atoms with Gasteiger partial charge < -0.3 is 0 Å². The fraction of sp³-hybridized carbons (Fsp3) is 0.200. The van der Waals surface area contributed by atoms with E-state index in [1.54, 1.807) is 23.1 Å². The van der Waals surface area contributed by atoms with Crippen molar-refractivity contribution in [1.82, 2.24) is 14.8 Å². The number of nitrogens with zero attached hydrogens (tertiary/aromatic N) is 3. The standard InChI is InChI=1S/C10H12N4O2S/c1-17(15,16)13-10-4-2-9(3-5-10)6-14-8-11-7-12-14/h2-5,7-8,13H,6H2,1H3. The summed E-state index contributed by atoms with van der Waals surface area (Å²) in [5, 5.41) is 3.99. The van der Waals surface area contributed by atoms with Crippen LogP contribution >= 0.6 is 0 Å². The fourth-order valence-electron chi connectivity index (χ4n) is 1.39. The molecule has 0 amide bonds. The van der Waals surface area contributed by atoms with Gasteiger partial charge in [0, 0.05) is 5.69 Å². The second kappa shape index (κ2) is 4.54. The second-order valence-electron chi connectivity index (χ2n) is 3.66. The first-order chi connectivity index (χ1) is 8.03. The van der Waals surface area contributed by atoms with E-state index in [4.69, 9.17) is 0 Å². The van der Waals surface area contributed by atoms with Crippen LogP contribution in [0.4, 0.5) is 5.69 Å². The Balaban J connectivity index is 2.08. The average Bonchev–Trinajstić information content (AvgIpc) is 2.71. The molecule has 1 heterocycles. The van der Waals surface area contributed by atoms with Crippen molar-refractivity contribution in [2.24, 2.45) is 0 Å². The molecule has 2 aromatic rings. The third kappa shape index (κ3) is 3.56. The summed E-state index contributed by atoms with van der Waals surface area (Å²) in [5.74, 6) is 0. The highest BCUT2D eigenvalue weighted by molar-refractivity contribution is 7.92. The Labute approximate surface area is 99.4 Å². The third-order valence-electron chi connectivity index (χ3n) is 2.07. The lowest BCUT2D eigenvalue weighted by Gasteiger charge is -2.05. The minimum atomic E-state index is -3.22. The van der Waals surface area contributed by atoms with Gasteiger partial charge in [0.2, 0.25) is 10.0 Å². The summed E-state index contributed by atoms with van der Waals surface area (Å²) in [5.41, 5.74) is 1.57. The van der Waals surface area contributed by atoms with Crippen LogP contribution in [-0.4, -0.2) is 29.4 Å². The first-order valence-electron chi connectivity index (χ1n) is 4.92. The molecular formula is C10H12N4O2S. The van der Waals surface area contributed by atoms with E-state index in [1.165, 1.54) is 6.33 Å². The molecule has 0 aliphatic rings. The van der Waals surface area contributed by atoms with Crippen molar-refractivity contribution in [2.45, 2.75) is 6.54 Å². The van der Waals surface area contributed by atoms with Crippen molar-refractivity contribution in [2.75, 3.05) is 11.0 Å². The Morgan fingerprint density at radius 2 is 2.00 bits per heavy atom. The molecule has 0 atom stereocenters. The molecule has 6 nitrogen and oxygen atoms in total. The highest BCUT2D eigenvalue weighted by Gasteiger charge is 2.01. The van der Waals surface area contributed by atoms with Crippen molar-refractivity contribution < 1.29 is 8.42 Å². The van der Waals surface area contributed by atoms with Crippen molar-refractivity contribution in [1.29, 1.82) is 0 Å². The average molecular weight is 252 g/mol. The van der Waals surface area contributed by atoms with Crippen LogP contribution in [-0.2, 0) is 16.6 Å². The maximum atomic E-state index is 11.0. The van der Waals surface area contributed by atoms with Gasteiger partial charge in [-0.1, -0.05) is 12.1 Å². The Morgan fingerprint density at radius 1 is 1.29 bits per heavy atom. The predicted octanol–water partition coefficient (Wildman–Crippen LogP) is 0.698. The Bertz CT molecular complexity index is 575. The number of hydrogen-bond donors (Lipinski definition) is 1. The van der Waals surface area contributed by atoms with Gasteiger partial charge in [-0.3, -0.25) is 4.72 Å². The molecule has 2 rings (SSSR count). The van der Waals surface area contributed by atoms with E-state index in [9.17, 15) is 8.42 Å². The van der Waals surface area contributed by atoms with Crippen LogP contribution in [0.25, 0.3) is 0 Å². The highest BCUT2D eigenvalue weighted by atomic mass is 32.2. The van der Waals surface area contributed by atoms with Crippen LogP contribution in [0.15, 0.2) is 36.9 Å². The van der Waals surface area contributed by atoms with Crippen LogP contribution < -0.4 is 4.72 Å². The summed E-state index contributed by atoms with van der Waals surface area (Å²) in [6.45, 7) is 0.610. The number of rotatable bonds is 4. The molecule has 90 valence electrons. The van der Waals surface area contributed by atoms with Gasteiger partial charge in [-0.05, 0) is 17.7 Å². The van der Waals surface area contributed by atoms with Gasteiger partial charge in [-0.2, -0.15) is 5.10 Å². The maximum absolute atomic E-state index is 11.0. The second-order valence-corrected chi connectivity index (χ2v) is 5.41. The molecule has 0 bridgehead atoms. The topological polar surface area (TPSA) is 76.9 Å². The minimum absolute atomic E-state index is 0.551. The van der Waals surface area contributed by atoms with E-state index in [1.807, 2.05) is 12.1 Å². The molecule has 17 heavy (non-hydrogen) atoms. The quantitative estimate of drug-likeness (QED) is 0.868. The molecule has 1 aromatic heterocycles. The molecule has 0 radical (unpaired) electrons. The summed E-state index contributed by atoms with van der Waals surface area (Å²) in [7, 11) is -3.22. The number of anilines is 1. The minimum Gasteiger partial charge on any atom is -0.284 e. The Kier molecular flexibility index (Phi) is 3.10. The lowest BCUT2D eigenvalue weighted by atomic mass is 10.2. The highest BCUT2D eigenvalue weighted by Crippen LogP contribution is 2.11. The molecule has 0 saturated heterocycles. The SMILES string of the molecule is CS(=O)(=O)Nc1ccc(Cn2cncn2)cc1. The number of benzene rings is 1.